The Morgan fingerprint density at radius 3 is 2.40 bits per heavy atom. The Morgan fingerprint density at radius 2 is 1.70 bits per heavy atom. The zero-order chi connectivity index (χ0) is 14.8. The van der Waals surface area contributed by atoms with Crippen LogP contribution in [0.25, 0.3) is 0 Å². The van der Waals surface area contributed by atoms with Gasteiger partial charge in [0.15, 0.2) is 0 Å². The van der Waals surface area contributed by atoms with Crippen molar-refractivity contribution in [2.75, 3.05) is 19.6 Å². The average molecular weight is 283 g/mol. The molecule has 0 saturated carbocycles. The van der Waals surface area contributed by atoms with Crippen molar-refractivity contribution >= 4 is 0 Å². The molecule has 0 spiro atoms. The largest absolute Gasteiger partial charge is 0.314 e. The fourth-order valence-corrected chi connectivity index (χ4v) is 3.18. The van der Waals surface area contributed by atoms with Crippen LogP contribution in [0.1, 0.15) is 79.1 Å². The van der Waals surface area contributed by atoms with Gasteiger partial charge >= 0.3 is 0 Å². The van der Waals surface area contributed by atoms with Gasteiger partial charge in [-0.15, -0.1) is 0 Å². The van der Waals surface area contributed by atoms with Crippen LogP contribution in [-0.4, -0.2) is 36.6 Å². The highest BCUT2D eigenvalue weighted by Crippen LogP contribution is 2.14. The van der Waals surface area contributed by atoms with E-state index < -0.39 is 0 Å². The van der Waals surface area contributed by atoms with Gasteiger partial charge in [-0.3, -0.25) is 0 Å². The Morgan fingerprint density at radius 1 is 0.950 bits per heavy atom. The van der Waals surface area contributed by atoms with Crippen molar-refractivity contribution in [2.45, 2.75) is 91.1 Å². The number of nitrogens with one attached hydrogen (secondary N) is 1. The highest BCUT2D eigenvalue weighted by atomic mass is 15.1. The molecule has 1 N–H and O–H groups in total. The third-order valence-corrected chi connectivity index (χ3v) is 4.63. The van der Waals surface area contributed by atoms with Crippen LogP contribution >= 0.6 is 0 Å². The molecule has 0 aromatic heterocycles. The van der Waals surface area contributed by atoms with E-state index in [9.17, 15) is 0 Å². The van der Waals surface area contributed by atoms with Crippen LogP contribution in [0.3, 0.4) is 0 Å². The molecule has 2 heteroatoms. The summed E-state index contributed by atoms with van der Waals surface area (Å²) in [5.74, 6) is 0.878. The van der Waals surface area contributed by atoms with Crippen LogP contribution in [-0.2, 0) is 0 Å². The van der Waals surface area contributed by atoms with Gasteiger partial charge in [-0.25, -0.2) is 0 Å². The van der Waals surface area contributed by atoms with Crippen LogP contribution < -0.4 is 5.32 Å². The van der Waals surface area contributed by atoms with E-state index in [-0.39, 0.29) is 0 Å². The molecule has 1 aliphatic heterocycles. The predicted octanol–water partition coefficient (Wildman–Crippen LogP) is 4.45. The SMILES string of the molecule is CC(C)CCCCCCNC1CCCN(C(C)C)CC1. The highest BCUT2D eigenvalue weighted by molar-refractivity contribution is 4.76. The summed E-state index contributed by atoms with van der Waals surface area (Å²) in [7, 11) is 0. The van der Waals surface area contributed by atoms with Crippen LogP contribution in [0.2, 0.25) is 0 Å². The minimum Gasteiger partial charge on any atom is -0.314 e. The van der Waals surface area contributed by atoms with E-state index in [4.69, 9.17) is 0 Å². The van der Waals surface area contributed by atoms with Gasteiger partial charge in [0.05, 0.1) is 0 Å². The van der Waals surface area contributed by atoms with Crippen LogP contribution in [0, 0.1) is 5.92 Å². The summed E-state index contributed by atoms with van der Waals surface area (Å²) in [6.07, 6.45) is 11.1. The van der Waals surface area contributed by atoms with Crippen molar-refractivity contribution in [3.8, 4) is 0 Å². The number of hydrogen-bond donors (Lipinski definition) is 1. The third-order valence-electron chi connectivity index (χ3n) is 4.63. The first-order chi connectivity index (χ1) is 9.59. The van der Waals surface area contributed by atoms with Gasteiger partial charge in [0.2, 0.25) is 0 Å². The van der Waals surface area contributed by atoms with E-state index in [1.54, 1.807) is 0 Å². The quantitative estimate of drug-likeness (QED) is 0.629. The summed E-state index contributed by atoms with van der Waals surface area (Å²) < 4.78 is 0. The van der Waals surface area contributed by atoms with E-state index >= 15 is 0 Å². The Balaban J connectivity index is 1.99. The molecule has 1 saturated heterocycles. The second-order valence-corrected chi connectivity index (χ2v) is 7.31. The minimum absolute atomic E-state index is 0.717. The average Bonchev–Trinajstić information content (AvgIpc) is 2.63. The molecule has 120 valence electrons. The Kier molecular flexibility index (Phi) is 9.54. The molecular weight excluding hydrogens is 244 g/mol. The van der Waals surface area contributed by atoms with Gasteiger partial charge in [0.25, 0.3) is 0 Å². The first-order valence-electron chi connectivity index (χ1n) is 9.07. The van der Waals surface area contributed by atoms with E-state index in [0.29, 0.717) is 0 Å². The summed E-state index contributed by atoms with van der Waals surface area (Å²) in [4.78, 5) is 2.63. The molecule has 1 aliphatic rings. The van der Waals surface area contributed by atoms with Crippen LogP contribution in [0.4, 0.5) is 0 Å². The topological polar surface area (TPSA) is 15.3 Å². The number of rotatable bonds is 9. The van der Waals surface area contributed by atoms with Crippen molar-refractivity contribution in [3.63, 3.8) is 0 Å². The molecule has 0 aromatic rings. The number of nitrogens with zero attached hydrogens (tertiary/aromatic N) is 1. The van der Waals surface area contributed by atoms with Gasteiger partial charge in [0, 0.05) is 12.1 Å². The van der Waals surface area contributed by atoms with Gasteiger partial charge in [-0.05, 0) is 65.1 Å². The van der Waals surface area contributed by atoms with Crippen LogP contribution in [0.15, 0.2) is 0 Å². The van der Waals surface area contributed by atoms with Gasteiger partial charge < -0.3 is 10.2 Å². The van der Waals surface area contributed by atoms with Crippen LogP contribution in [0.5, 0.6) is 0 Å². The molecule has 0 radical (unpaired) electrons. The highest BCUT2D eigenvalue weighted by Gasteiger charge is 2.17. The molecule has 0 aromatic carbocycles. The Bertz CT molecular complexity index is 225. The molecule has 1 unspecified atom stereocenters. The number of likely N-dealkylation sites (tertiary alicyclic amines) is 1. The molecule has 1 rings (SSSR count). The van der Waals surface area contributed by atoms with E-state index in [2.05, 4.69) is 37.9 Å². The molecule has 1 atom stereocenters. The molecule has 0 bridgehead atoms. The van der Waals surface area contributed by atoms with E-state index in [0.717, 1.165) is 18.0 Å². The molecule has 0 amide bonds. The van der Waals surface area contributed by atoms with Gasteiger partial charge in [-0.1, -0.05) is 39.5 Å². The minimum atomic E-state index is 0.717. The van der Waals surface area contributed by atoms with E-state index in [1.165, 1.54) is 71.0 Å². The molecule has 1 fully saturated rings. The summed E-state index contributed by atoms with van der Waals surface area (Å²) in [6, 6.07) is 1.49. The molecule has 0 aliphatic carbocycles. The Labute approximate surface area is 127 Å². The molecule has 20 heavy (non-hydrogen) atoms. The van der Waals surface area contributed by atoms with Crippen molar-refractivity contribution in [1.29, 1.82) is 0 Å². The second kappa shape index (κ2) is 10.6. The van der Waals surface area contributed by atoms with Crippen molar-refractivity contribution in [3.05, 3.63) is 0 Å². The number of hydrogen-bond acceptors (Lipinski definition) is 2. The summed E-state index contributed by atoms with van der Waals surface area (Å²) >= 11 is 0. The monoisotopic (exact) mass is 282 g/mol. The van der Waals surface area contributed by atoms with E-state index in [1.807, 2.05) is 0 Å². The lowest BCUT2D eigenvalue weighted by molar-refractivity contribution is 0.229. The lowest BCUT2D eigenvalue weighted by atomic mass is 10.0. The zero-order valence-electron chi connectivity index (χ0n) is 14.5. The lowest BCUT2D eigenvalue weighted by Gasteiger charge is -2.24. The zero-order valence-corrected chi connectivity index (χ0v) is 14.5. The van der Waals surface area contributed by atoms with Gasteiger partial charge in [0.1, 0.15) is 0 Å². The van der Waals surface area contributed by atoms with Crippen molar-refractivity contribution in [2.24, 2.45) is 5.92 Å². The fourth-order valence-electron chi connectivity index (χ4n) is 3.18. The summed E-state index contributed by atoms with van der Waals surface area (Å²) in [5.41, 5.74) is 0. The maximum atomic E-state index is 3.79. The molecule has 2 nitrogen and oxygen atoms in total. The Hall–Kier alpha value is -0.0800. The summed E-state index contributed by atoms with van der Waals surface area (Å²) in [6.45, 7) is 13.1. The molecular formula is C18H38N2. The predicted molar refractivity (Wildman–Crippen MR) is 90.3 cm³/mol. The van der Waals surface area contributed by atoms with Crippen molar-refractivity contribution < 1.29 is 0 Å². The third kappa shape index (κ3) is 8.26. The number of unbranched alkanes of at least 4 members (excludes halogenated alkanes) is 3. The maximum Gasteiger partial charge on any atom is 0.00797 e. The van der Waals surface area contributed by atoms with Crippen molar-refractivity contribution in [1.82, 2.24) is 10.2 Å². The molecule has 1 heterocycles. The standard InChI is InChI=1S/C18H38N2/c1-16(2)10-7-5-6-8-13-19-18-11-9-14-20(15-12-18)17(3)4/h16-19H,5-15H2,1-4H3. The first-order valence-corrected chi connectivity index (χ1v) is 9.07. The fraction of sp³-hybridized carbons (Fsp3) is 1.00. The maximum absolute atomic E-state index is 3.79. The lowest BCUT2D eigenvalue weighted by Crippen LogP contribution is -2.34. The smallest absolute Gasteiger partial charge is 0.00797 e. The van der Waals surface area contributed by atoms with Gasteiger partial charge in [-0.2, -0.15) is 0 Å². The summed E-state index contributed by atoms with van der Waals surface area (Å²) in [5, 5.41) is 3.79. The first kappa shape index (κ1) is 18.0. The second-order valence-electron chi connectivity index (χ2n) is 7.31. The normalized spacial score (nSPS) is 21.6.